The minimum Gasteiger partial charge on any atom is -0.360 e. The normalized spacial score (nSPS) is 27.1. The quantitative estimate of drug-likeness (QED) is 0.822. The number of nitrogens with zero attached hydrogens (tertiary/aromatic N) is 1. The molecule has 2 aliphatic heterocycles. The van der Waals surface area contributed by atoms with Crippen LogP contribution in [0.1, 0.15) is 26.2 Å². The Bertz CT molecular complexity index is 463. The Kier molecular flexibility index (Phi) is 5.61. The fourth-order valence-electron chi connectivity index (χ4n) is 4.17. The molecule has 4 heteroatoms. The zero-order valence-electron chi connectivity index (χ0n) is 13.8. The van der Waals surface area contributed by atoms with Crippen LogP contribution in [0.2, 0.25) is 5.02 Å². The van der Waals surface area contributed by atoms with Crippen molar-refractivity contribution in [1.29, 1.82) is 0 Å². The first-order valence-electron chi connectivity index (χ1n) is 8.95. The molecule has 0 spiro atoms. The number of benzene rings is 1. The minimum atomic E-state index is 0.846. The summed E-state index contributed by atoms with van der Waals surface area (Å²) in [6, 6.07) is 9.20. The van der Waals surface area contributed by atoms with Crippen molar-refractivity contribution in [3.63, 3.8) is 0 Å². The van der Waals surface area contributed by atoms with Gasteiger partial charge in [-0.05, 0) is 24.6 Å². The van der Waals surface area contributed by atoms with E-state index in [-0.39, 0.29) is 0 Å². The van der Waals surface area contributed by atoms with E-state index in [2.05, 4.69) is 30.0 Å². The third kappa shape index (κ3) is 3.95. The van der Waals surface area contributed by atoms with E-state index in [1.807, 2.05) is 15.9 Å². The number of hydrogen-bond donors (Lipinski definition) is 2. The maximum atomic E-state index is 6.12. The van der Waals surface area contributed by atoms with Gasteiger partial charge in [0, 0.05) is 23.6 Å². The Morgan fingerprint density at radius 1 is 1.14 bits per heavy atom. The molecule has 0 radical (unpaired) electrons. The summed E-state index contributed by atoms with van der Waals surface area (Å²) in [7, 11) is 0. The van der Waals surface area contributed by atoms with Gasteiger partial charge in [0.15, 0.2) is 0 Å². The van der Waals surface area contributed by atoms with E-state index in [0.717, 1.165) is 24.2 Å². The van der Waals surface area contributed by atoms with Gasteiger partial charge in [0.1, 0.15) is 0 Å². The molecule has 2 saturated heterocycles. The van der Waals surface area contributed by atoms with Crippen molar-refractivity contribution >= 4 is 17.3 Å². The van der Waals surface area contributed by atoms with Crippen LogP contribution in [-0.4, -0.2) is 51.9 Å². The number of anilines is 1. The van der Waals surface area contributed by atoms with Crippen LogP contribution < -0.4 is 14.7 Å². The number of quaternary nitrogens is 2. The van der Waals surface area contributed by atoms with Gasteiger partial charge in [-0.15, -0.1) is 0 Å². The summed E-state index contributed by atoms with van der Waals surface area (Å²) in [6.45, 7) is 11.3. The first kappa shape index (κ1) is 16.1. The molecule has 0 saturated carbocycles. The second kappa shape index (κ2) is 7.67. The first-order chi connectivity index (χ1) is 10.8. The zero-order chi connectivity index (χ0) is 15.4. The Labute approximate surface area is 139 Å². The monoisotopic (exact) mass is 323 g/mol. The molecular formula is C18H30ClN3+2. The Morgan fingerprint density at radius 2 is 1.86 bits per heavy atom. The van der Waals surface area contributed by atoms with Crippen LogP contribution in [0.25, 0.3) is 0 Å². The topological polar surface area (TPSA) is 12.1 Å². The molecule has 0 unspecified atom stereocenters. The van der Waals surface area contributed by atoms with Gasteiger partial charge in [-0.2, -0.15) is 0 Å². The van der Waals surface area contributed by atoms with Gasteiger partial charge >= 0.3 is 0 Å². The van der Waals surface area contributed by atoms with E-state index < -0.39 is 0 Å². The molecule has 0 atom stereocenters. The van der Waals surface area contributed by atoms with Gasteiger partial charge < -0.3 is 14.7 Å². The Hall–Kier alpha value is -0.770. The second-order valence-electron chi connectivity index (χ2n) is 6.90. The highest BCUT2D eigenvalue weighted by atomic mass is 35.5. The van der Waals surface area contributed by atoms with Gasteiger partial charge in [0.05, 0.1) is 51.9 Å². The zero-order valence-corrected chi connectivity index (χ0v) is 14.5. The molecular weight excluding hydrogens is 294 g/mol. The molecule has 1 aromatic rings. The van der Waals surface area contributed by atoms with Crippen LogP contribution in [0, 0.1) is 0 Å². The summed E-state index contributed by atoms with van der Waals surface area (Å²) in [6.07, 6.45) is 4.16. The molecule has 2 heterocycles. The van der Waals surface area contributed by atoms with Crippen LogP contribution in [0.4, 0.5) is 5.69 Å². The highest BCUT2D eigenvalue weighted by molar-refractivity contribution is 6.30. The lowest BCUT2D eigenvalue weighted by Crippen LogP contribution is -3.22. The van der Waals surface area contributed by atoms with Gasteiger partial charge in [-0.25, -0.2) is 0 Å². The number of hydrogen-bond acceptors (Lipinski definition) is 1. The minimum absolute atomic E-state index is 0.846. The summed E-state index contributed by atoms with van der Waals surface area (Å²) >= 11 is 6.12. The molecule has 122 valence electrons. The third-order valence-electron chi connectivity index (χ3n) is 5.45. The van der Waals surface area contributed by atoms with E-state index >= 15 is 0 Å². The number of piperazine rings is 1. The molecule has 0 amide bonds. The Balaban J connectivity index is 1.48. The molecule has 0 aromatic heterocycles. The average molecular weight is 324 g/mol. The molecule has 3 nitrogen and oxygen atoms in total. The molecule has 22 heavy (non-hydrogen) atoms. The predicted octanol–water partition coefficient (Wildman–Crippen LogP) is 0.502. The first-order valence-corrected chi connectivity index (χ1v) is 9.32. The van der Waals surface area contributed by atoms with Gasteiger partial charge in [0.25, 0.3) is 0 Å². The highest BCUT2D eigenvalue weighted by Gasteiger charge is 2.32. The maximum Gasteiger partial charge on any atom is 0.0984 e. The van der Waals surface area contributed by atoms with Crippen LogP contribution in [0.3, 0.4) is 0 Å². The fraction of sp³-hybridized carbons (Fsp3) is 0.667. The van der Waals surface area contributed by atoms with E-state index in [9.17, 15) is 0 Å². The fourth-order valence-corrected chi connectivity index (χ4v) is 4.36. The lowest BCUT2D eigenvalue weighted by Gasteiger charge is -2.39. The van der Waals surface area contributed by atoms with Crippen molar-refractivity contribution in [3.8, 4) is 0 Å². The predicted molar refractivity (Wildman–Crippen MR) is 93.2 cm³/mol. The van der Waals surface area contributed by atoms with E-state index in [0.29, 0.717) is 0 Å². The summed E-state index contributed by atoms with van der Waals surface area (Å²) in [5.74, 6) is 0. The number of likely N-dealkylation sites (tertiary alicyclic amines) is 1. The summed E-state index contributed by atoms with van der Waals surface area (Å²) in [5, 5.41) is 0.846. The van der Waals surface area contributed by atoms with Crippen molar-refractivity contribution in [2.75, 3.05) is 50.7 Å². The van der Waals surface area contributed by atoms with Gasteiger partial charge in [-0.3, -0.25) is 0 Å². The molecule has 0 aliphatic carbocycles. The average Bonchev–Trinajstić information content (AvgIpc) is 2.56. The summed E-state index contributed by atoms with van der Waals surface area (Å²) < 4.78 is 0. The number of halogens is 1. The van der Waals surface area contributed by atoms with Crippen LogP contribution in [0.15, 0.2) is 24.3 Å². The van der Waals surface area contributed by atoms with Gasteiger partial charge in [0.2, 0.25) is 0 Å². The third-order valence-corrected chi connectivity index (χ3v) is 5.69. The maximum absolute atomic E-state index is 6.12. The van der Waals surface area contributed by atoms with Crippen molar-refractivity contribution in [2.45, 2.75) is 32.2 Å². The molecule has 0 bridgehead atoms. The van der Waals surface area contributed by atoms with Gasteiger partial charge in [-0.1, -0.05) is 24.6 Å². The van der Waals surface area contributed by atoms with Crippen molar-refractivity contribution in [1.82, 2.24) is 0 Å². The number of nitrogens with one attached hydrogen (secondary N) is 2. The summed E-state index contributed by atoms with van der Waals surface area (Å²) in [5.41, 5.74) is 1.29. The van der Waals surface area contributed by atoms with E-state index in [4.69, 9.17) is 11.6 Å². The molecule has 2 aliphatic rings. The SMILES string of the molecule is CCC[NH+]1CCC([NH+]2CCN(c3cccc(Cl)c3)CC2)CC1. The van der Waals surface area contributed by atoms with Crippen molar-refractivity contribution in [3.05, 3.63) is 29.3 Å². The smallest absolute Gasteiger partial charge is 0.0984 e. The van der Waals surface area contributed by atoms with Crippen molar-refractivity contribution < 1.29 is 9.80 Å². The molecule has 3 rings (SSSR count). The van der Waals surface area contributed by atoms with Crippen LogP contribution >= 0.6 is 11.6 Å². The van der Waals surface area contributed by atoms with E-state index in [1.54, 1.807) is 0 Å². The van der Waals surface area contributed by atoms with Crippen LogP contribution in [0.5, 0.6) is 0 Å². The van der Waals surface area contributed by atoms with Crippen LogP contribution in [-0.2, 0) is 0 Å². The molecule has 2 N–H and O–H groups in total. The molecule has 2 fully saturated rings. The second-order valence-corrected chi connectivity index (χ2v) is 7.34. The van der Waals surface area contributed by atoms with E-state index in [1.165, 1.54) is 57.7 Å². The highest BCUT2D eigenvalue weighted by Crippen LogP contribution is 2.19. The number of piperidine rings is 1. The largest absolute Gasteiger partial charge is 0.360 e. The number of rotatable bonds is 4. The lowest BCUT2D eigenvalue weighted by molar-refractivity contribution is -0.958. The lowest BCUT2D eigenvalue weighted by atomic mass is 10.0. The molecule has 1 aromatic carbocycles. The van der Waals surface area contributed by atoms with Crippen molar-refractivity contribution in [2.24, 2.45) is 0 Å². The summed E-state index contributed by atoms with van der Waals surface area (Å²) in [4.78, 5) is 6.16. The standard InChI is InChI=1S/C18H28ClN3/c1-2-8-20-9-6-17(7-10-20)21-11-13-22(14-12-21)18-5-3-4-16(19)15-18/h3-5,15,17H,2,6-14H2,1H3/p+2. The Morgan fingerprint density at radius 3 is 2.50 bits per heavy atom.